The average molecular weight is 377 g/mol. The Labute approximate surface area is 174 Å². The van der Waals surface area contributed by atoms with E-state index < -0.39 is 0 Å². The van der Waals surface area contributed by atoms with Crippen molar-refractivity contribution in [1.29, 1.82) is 0 Å². The smallest absolute Gasteiger partial charge is 0.00762 e. The quantitative estimate of drug-likeness (QED) is 0.490. The molecule has 0 saturated heterocycles. The van der Waals surface area contributed by atoms with Crippen LogP contribution in [0.5, 0.6) is 0 Å². The van der Waals surface area contributed by atoms with Gasteiger partial charge in [0, 0.05) is 0 Å². The normalized spacial score (nSPS) is 11.6. The maximum absolute atomic E-state index is 2.30. The minimum absolute atomic E-state index is 0.999. The minimum Gasteiger partial charge on any atom is -0.0772 e. The van der Waals surface area contributed by atoms with Gasteiger partial charge in [-0.1, -0.05) is 125 Å². The molecule has 0 aliphatic heterocycles. The Morgan fingerprint density at radius 1 is 0.571 bits per heavy atom. The maximum atomic E-state index is 2.30. The van der Waals surface area contributed by atoms with Gasteiger partial charge in [-0.05, 0) is 49.5 Å². The van der Waals surface area contributed by atoms with Gasteiger partial charge in [-0.2, -0.15) is 0 Å². The standard InChI is InChI=1S/C22H22.3C2H6/c1-16-4-10-19(11-5-16)22(20-12-6-17(2)7-13-20)21-14-8-18(3)9-15-21;3*1-2/h4-14H,15H2,1-3H3;3*1-2H3. The lowest BCUT2D eigenvalue weighted by Gasteiger charge is -2.16. The number of aryl methyl sites for hydroxylation is 2. The van der Waals surface area contributed by atoms with Gasteiger partial charge in [0.25, 0.3) is 0 Å². The van der Waals surface area contributed by atoms with Crippen molar-refractivity contribution in [3.05, 3.63) is 100 Å². The summed E-state index contributed by atoms with van der Waals surface area (Å²) in [4.78, 5) is 0. The Balaban J connectivity index is 0.00000111. The molecule has 1 aliphatic rings. The van der Waals surface area contributed by atoms with Gasteiger partial charge in [0.1, 0.15) is 0 Å². The summed E-state index contributed by atoms with van der Waals surface area (Å²) in [7, 11) is 0. The van der Waals surface area contributed by atoms with Gasteiger partial charge in [0.2, 0.25) is 0 Å². The number of allylic oxidation sites excluding steroid dienone is 5. The fourth-order valence-corrected chi connectivity index (χ4v) is 2.80. The fraction of sp³-hybridized carbons (Fsp3) is 0.357. The molecule has 152 valence electrons. The summed E-state index contributed by atoms with van der Waals surface area (Å²) >= 11 is 0. The summed E-state index contributed by atoms with van der Waals surface area (Å²) in [6, 6.07) is 17.7. The van der Waals surface area contributed by atoms with Crippen LogP contribution in [0.25, 0.3) is 5.57 Å². The zero-order chi connectivity index (χ0) is 21.5. The van der Waals surface area contributed by atoms with Crippen LogP contribution in [0.2, 0.25) is 0 Å². The van der Waals surface area contributed by atoms with Crippen LogP contribution < -0.4 is 0 Å². The first-order valence-electron chi connectivity index (χ1n) is 10.9. The molecule has 0 saturated carbocycles. The van der Waals surface area contributed by atoms with Crippen LogP contribution in [0.3, 0.4) is 0 Å². The molecule has 0 fully saturated rings. The van der Waals surface area contributed by atoms with Crippen LogP contribution in [0.1, 0.15) is 77.1 Å². The molecule has 0 N–H and O–H groups in total. The molecule has 0 aromatic heterocycles. The fourth-order valence-electron chi connectivity index (χ4n) is 2.80. The Morgan fingerprint density at radius 3 is 1.29 bits per heavy atom. The topological polar surface area (TPSA) is 0 Å². The van der Waals surface area contributed by atoms with Gasteiger partial charge in [-0.25, -0.2) is 0 Å². The molecular weight excluding hydrogens is 336 g/mol. The van der Waals surface area contributed by atoms with Crippen LogP contribution in [0.4, 0.5) is 0 Å². The summed E-state index contributed by atoms with van der Waals surface area (Å²) in [6.07, 6.45) is 7.78. The number of rotatable bonds is 2. The molecule has 2 aromatic rings. The molecule has 0 bridgehead atoms. The third kappa shape index (κ3) is 7.72. The van der Waals surface area contributed by atoms with E-state index in [1.807, 2.05) is 41.5 Å². The first-order chi connectivity index (χ1) is 13.6. The highest BCUT2D eigenvalue weighted by Crippen LogP contribution is 2.31. The first-order valence-corrected chi connectivity index (χ1v) is 10.9. The van der Waals surface area contributed by atoms with Crippen molar-refractivity contribution in [2.75, 3.05) is 0 Å². The highest BCUT2D eigenvalue weighted by atomic mass is 14.2. The Kier molecular flexibility index (Phi) is 13.5. The van der Waals surface area contributed by atoms with Gasteiger partial charge in [-0.15, -0.1) is 0 Å². The van der Waals surface area contributed by atoms with E-state index in [0.29, 0.717) is 0 Å². The van der Waals surface area contributed by atoms with Gasteiger partial charge >= 0.3 is 0 Å². The molecule has 28 heavy (non-hydrogen) atoms. The molecule has 0 atom stereocenters. The van der Waals surface area contributed by atoms with E-state index in [1.54, 1.807) is 0 Å². The second-order valence-corrected chi connectivity index (χ2v) is 6.12. The van der Waals surface area contributed by atoms with E-state index >= 15 is 0 Å². The number of benzene rings is 2. The summed E-state index contributed by atoms with van der Waals surface area (Å²) in [5, 5.41) is 0. The largest absolute Gasteiger partial charge is 0.0772 e. The Hall–Kier alpha value is -2.34. The predicted octanol–water partition coefficient (Wildman–Crippen LogP) is 9.09. The molecule has 0 radical (unpaired) electrons. The van der Waals surface area contributed by atoms with E-state index in [-0.39, 0.29) is 0 Å². The summed E-state index contributed by atoms with van der Waals surface area (Å²) < 4.78 is 0. The molecule has 0 unspecified atom stereocenters. The molecule has 0 amide bonds. The lowest BCUT2D eigenvalue weighted by atomic mass is 9.88. The molecule has 3 rings (SSSR count). The van der Waals surface area contributed by atoms with Crippen LogP contribution in [-0.4, -0.2) is 0 Å². The Morgan fingerprint density at radius 2 is 0.964 bits per heavy atom. The van der Waals surface area contributed by atoms with E-state index in [2.05, 4.69) is 87.5 Å². The molecule has 0 heterocycles. The van der Waals surface area contributed by atoms with Gasteiger partial charge < -0.3 is 0 Å². The van der Waals surface area contributed by atoms with Gasteiger partial charge in [0.15, 0.2) is 0 Å². The van der Waals surface area contributed by atoms with Crippen LogP contribution in [0, 0.1) is 13.8 Å². The van der Waals surface area contributed by atoms with Crippen molar-refractivity contribution in [1.82, 2.24) is 0 Å². The van der Waals surface area contributed by atoms with Crippen LogP contribution in [0.15, 0.2) is 77.9 Å². The maximum Gasteiger partial charge on any atom is -0.00762 e. The summed E-state index contributed by atoms with van der Waals surface area (Å²) in [6.45, 7) is 18.4. The zero-order valence-corrected chi connectivity index (χ0v) is 19.6. The second kappa shape index (κ2) is 14.7. The number of hydrogen-bond acceptors (Lipinski definition) is 0. The monoisotopic (exact) mass is 376 g/mol. The van der Waals surface area contributed by atoms with Crippen molar-refractivity contribution >= 4 is 5.57 Å². The Bertz CT molecular complexity index is 703. The van der Waals surface area contributed by atoms with Crippen LogP contribution in [-0.2, 0) is 0 Å². The SMILES string of the molecule is CC.CC.CC.CC1=CCC(=C(c2ccc(C)cc2)c2ccc(C)cc2)C=C1. The van der Waals surface area contributed by atoms with Crippen molar-refractivity contribution in [3.8, 4) is 0 Å². The molecule has 1 aliphatic carbocycles. The number of hydrogen-bond donors (Lipinski definition) is 0. The van der Waals surface area contributed by atoms with E-state index in [1.165, 1.54) is 39.0 Å². The summed E-state index contributed by atoms with van der Waals surface area (Å²) in [5.74, 6) is 0. The summed E-state index contributed by atoms with van der Waals surface area (Å²) in [5.41, 5.74) is 9.26. The predicted molar refractivity (Wildman–Crippen MR) is 130 cm³/mol. The zero-order valence-electron chi connectivity index (χ0n) is 19.6. The molecular formula is C28H40. The third-order valence-electron chi connectivity index (χ3n) is 4.19. The minimum atomic E-state index is 0.999. The van der Waals surface area contributed by atoms with E-state index in [9.17, 15) is 0 Å². The van der Waals surface area contributed by atoms with Crippen molar-refractivity contribution in [3.63, 3.8) is 0 Å². The average Bonchev–Trinajstić information content (AvgIpc) is 2.77. The second-order valence-electron chi connectivity index (χ2n) is 6.12. The third-order valence-corrected chi connectivity index (χ3v) is 4.19. The lowest BCUT2D eigenvalue weighted by molar-refractivity contribution is 1.21. The van der Waals surface area contributed by atoms with Gasteiger partial charge in [-0.3, -0.25) is 0 Å². The van der Waals surface area contributed by atoms with Gasteiger partial charge in [0.05, 0.1) is 0 Å². The molecule has 0 spiro atoms. The first kappa shape index (κ1) is 25.7. The van der Waals surface area contributed by atoms with Crippen molar-refractivity contribution in [2.45, 2.75) is 68.7 Å². The van der Waals surface area contributed by atoms with Crippen molar-refractivity contribution in [2.24, 2.45) is 0 Å². The lowest BCUT2D eigenvalue weighted by Crippen LogP contribution is -1.96. The highest BCUT2D eigenvalue weighted by molar-refractivity contribution is 5.84. The van der Waals surface area contributed by atoms with Crippen LogP contribution >= 0.6 is 0 Å². The highest BCUT2D eigenvalue weighted by Gasteiger charge is 2.11. The molecule has 2 aromatic carbocycles. The van der Waals surface area contributed by atoms with E-state index in [4.69, 9.17) is 0 Å². The van der Waals surface area contributed by atoms with Crippen molar-refractivity contribution < 1.29 is 0 Å². The van der Waals surface area contributed by atoms with E-state index in [0.717, 1.165) is 6.42 Å². The molecule has 0 nitrogen and oxygen atoms in total. The molecule has 0 heteroatoms.